The van der Waals surface area contributed by atoms with E-state index in [1.807, 2.05) is 0 Å². The van der Waals surface area contributed by atoms with Gasteiger partial charge in [-0.2, -0.15) is 0 Å². The van der Waals surface area contributed by atoms with Crippen LogP contribution in [0.1, 0.15) is 120 Å². The molecule has 4 saturated carbocycles. The van der Waals surface area contributed by atoms with Gasteiger partial charge in [0.1, 0.15) is 0 Å². The van der Waals surface area contributed by atoms with E-state index in [9.17, 15) is 10.2 Å². The van der Waals surface area contributed by atoms with E-state index in [0.717, 1.165) is 25.2 Å². The molecule has 2 nitrogen and oxygen atoms in total. The predicted molar refractivity (Wildman–Crippen MR) is 134 cm³/mol. The molecule has 33 heavy (non-hydrogen) atoms. The molecule has 3 heteroatoms. The van der Waals surface area contributed by atoms with Gasteiger partial charge in [0, 0.05) is 20.4 Å². The molecule has 4 aliphatic rings. The molecule has 0 saturated heterocycles. The van der Waals surface area contributed by atoms with Crippen molar-refractivity contribution in [1.82, 2.24) is 0 Å². The molecule has 191 valence electrons. The van der Waals surface area contributed by atoms with E-state index >= 15 is 0 Å². The molecule has 9 atom stereocenters. The van der Waals surface area contributed by atoms with Crippen molar-refractivity contribution < 1.29 is 30.6 Å². The Hall–Kier alpha value is 0.322. The molecule has 0 bridgehead atoms. The van der Waals surface area contributed by atoms with Crippen molar-refractivity contribution in [3.05, 3.63) is 11.6 Å². The first kappa shape index (κ1) is 27.9. The maximum absolute atomic E-state index is 11.6. The molecule has 0 aromatic carbocycles. The number of hydrogen-bond donors (Lipinski definition) is 2. The quantitative estimate of drug-likeness (QED) is 0.316. The standard InChI is InChI=1S/C30H52O2.Re/c1-20(2)10-9-16-30(8,32)22-13-18-28(6)21(22)11-12-24-27(5)17-15-25(31)26(3,4)23(27)14-19-29(24,28)7;/h10,21-25,31-32H,9,11-19H2,1-8H3;/t21?,22-,23-,24+,25-,27-,28+,29+,30?;/m0./s1. The van der Waals surface area contributed by atoms with Crippen molar-refractivity contribution in [3.8, 4) is 0 Å². The predicted octanol–water partition coefficient (Wildman–Crippen LogP) is 7.53. The fourth-order valence-corrected chi connectivity index (χ4v) is 10.3. The van der Waals surface area contributed by atoms with Crippen LogP contribution in [0.3, 0.4) is 0 Å². The van der Waals surface area contributed by atoms with Crippen LogP contribution in [0.15, 0.2) is 11.6 Å². The monoisotopic (exact) mass is 631 g/mol. The van der Waals surface area contributed by atoms with Crippen LogP contribution >= 0.6 is 0 Å². The van der Waals surface area contributed by atoms with Crippen LogP contribution in [0.5, 0.6) is 0 Å². The maximum atomic E-state index is 11.6. The van der Waals surface area contributed by atoms with Crippen LogP contribution < -0.4 is 0 Å². The van der Waals surface area contributed by atoms with Crippen LogP contribution in [0.4, 0.5) is 0 Å². The summed E-state index contributed by atoms with van der Waals surface area (Å²) in [6, 6.07) is 0. The Morgan fingerprint density at radius 2 is 1.52 bits per heavy atom. The van der Waals surface area contributed by atoms with Crippen molar-refractivity contribution in [1.29, 1.82) is 0 Å². The van der Waals surface area contributed by atoms with Gasteiger partial charge in [-0.1, -0.05) is 46.3 Å². The summed E-state index contributed by atoms with van der Waals surface area (Å²) in [5, 5.41) is 22.5. The number of aliphatic hydroxyl groups is 2. The first-order valence-electron chi connectivity index (χ1n) is 13.7. The molecule has 0 amide bonds. The molecule has 0 aliphatic heterocycles. The average Bonchev–Trinajstić information content (AvgIpc) is 3.04. The van der Waals surface area contributed by atoms with Gasteiger partial charge < -0.3 is 10.2 Å². The zero-order chi connectivity index (χ0) is 23.7. The third kappa shape index (κ3) is 4.08. The summed E-state index contributed by atoms with van der Waals surface area (Å²) in [6.45, 7) is 19.0. The maximum Gasteiger partial charge on any atom is 0.0653 e. The van der Waals surface area contributed by atoms with E-state index < -0.39 is 5.60 Å². The van der Waals surface area contributed by atoms with Crippen LogP contribution in [0.25, 0.3) is 0 Å². The average molecular weight is 631 g/mol. The molecule has 4 rings (SSSR count). The van der Waals surface area contributed by atoms with Crippen LogP contribution in [0, 0.1) is 45.3 Å². The fourth-order valence-electron chi connectivity index (χ4n) is 10.3. The van der Waals surface area contributed by atoms with E-state index in [1.165, 1.54) is 50.5 Å². The van der Waals surface area contributed by atoms with E-state index in [4.69, 9.17) is 0 Å². The van der Waals surface area contributed by atoms with Gasteiger partial charge in [-0.3, -0.25) is 0 Å². The summed E-state index contributed by atoms with van der Waals surface area (Å²) in [7, 11) is 0. The molecular weight excluding hydrogens is 579 g/mol. The molecule has 2 N–H and O–H groups in total. The number of fused-ring (bicyclic) bond motifs is 5. The topological polar surface area (TPSA) is 40.5 Å². The second-order valence-electron chi connectivity index (χ2n) is 14.4. The summed E-state index contributed by atoms with van der Waals surface area (Å²) < 4.78 is 0. The summed E-state index contributed by atoms with van der Waals surface area (Å²) in [4.78, 5) is 0. The van der Waals surface area contributed by atoms with Crippen molar-refractivity contribution in [3.63, 3.8) is 0 Å². The molecular formula is C30H52O2Re. The minimum Gasteiger partial charge on any atom is -0.393 e. The summed E-state index contributed by atoms with van der Waals surface area (Å²) in [5.74, 6) is 2.45. The second kappa shape index (κ2) is 9.01. The van der Waals surface area contributed by atoms with Crippen LogP contribution in [-0.2, 0) is 20.4 Å². The minimum absolute atomic E-state index is 0. The van der Waals surface area contributed by atoms with Crippen molar-refractivity contribution in [2.45, 2.75) is 131 Å². The Bertz CT molecular complexity index is 752. The first-order valence-corrected chi connectivity index (χ1v) is 13.7. The summed E-state index contributed by atoms with van der Waals surface area (Å²) >= 11 is 0. The fraction of sp³-hybridized carbons (Fsp3) is 0.933. The van der Waals surface area contributed by atoms with E-state index in [2.05, 4.69) is 61.5 Å². The molecule has 1 radical (unpaired) electrons. The van der Waals surface area contributed by atoms with Crippen molar-refractivity contribution >= 4 is 0 Å². The van der Waals surface area contributed by atoms with Crippen molar-refractivity contribution in [2.24, 2.45) is 45.3 Å². The third-order valence-electron chi connectivity index (χ3n) is 12.4. The first-order chi connectivity index (χ1) is 14.7. The second-order valence-corrected chi connectivity index (χ2v) is 14.4. The van der Waals surface area contributed by atoms with Crippen LogP contribution in [-0.4, -0.2) is 21.9 Å². The molecule has 0 aromatic rings. The number of rotatable bonds is 4. The van der Waals surface area contributed by atoms with Crippen LogP contribution in [0.2, 0.25) is 0 Å². The summed E-state index contributed by atoms with van der Waals surface area (Å²) in [6.07, 6.45) is 13.8. The van der Waals surface area contributed by atoms with Gasteiger partial charge in [0.05, 0.1) is 11.7 Å². The molecule has 4 aliphatic carbocycles. The van der Waals surface area contributed by atoms with E-state index in [-0.39, 0.29) is 31.9 Å². The van der Waals surface area contributed by atoms with Crippen molar-refractivity contribution in [2.75, 3.05) is 0 Å². The minimum atomic E-state index is -0.560. The number of aliphatic hydroxyl groups excluding tert-OH is 1. The van der Waals surface area contributed by atoms with E-state index in [1.54, 1.807) is 0 Å². The Morgan fingerprint density at radius 3 is 2.15 bits per heavy atom. The van der Waals surface area contributed by atoms with Gasteiger partial charge in [-0.05, 0) is 130 Å². The van der Waals surface area contributed by atoms with Gasteiger partial charge in [0.15, 0.2) is 0 Å². The van der Waals surface area contributed by atoms with Gasteiger partial charge in [0.2, 0.25) is 0 Å². The third-order valence-corrected chi connectivity index (χ3v) is 12.4. The normalized spacial score (nSPS) is 47.9. The zero-order valence-electron chi connectivity index (χ0n) is 22.8. The zero-order valence-corrected chi connectivity index (χ0v) is 25.5. The Balaban J connectivity index is 0.00000306. The Morgan fingerprint density at radius 1 is 0.879 bits per heavy atom. The van der Waals surface area contributed by atoms with Gasteiger partial charge in [-0.15, -0.1) is 0 Å². The van der Waals surface area contributed by atoms with Gasteiger partial charge in [0.25, 0.3) is 0 Å². The Labute approximate surface area is 218 Å². The SMILES string of the molecule is CC(C)=CCCC(C)(O)[C@H]1CC[C@]2(C)C1CC[C@@H]1[C@@]3(C)CC[C@H](O)C(C)(C)[C@@H]3CC[C@]12C.[Re]. The summed E-state index contributed by atoms with van der Waals surface area (Å²) in [5.41, 5.74) is 1.84. The van der Waals surface area contributed by atoms with E-state index in [0.29, 0.717) is 34.0 Å². The van der Waals surface area contributed by atoms with Gasteiger partial charge in [-0.25, -0.2) is 0 Å². The molecule has 0 spiro atoms. The number of hydrogen-bond acceptors (Lipinski definition) is 2. The molecule has 2 unspecified atom stereocenters. The smallest absolute Gasteiger partial charge is 0.0653 e. The number of allylic oxidation sites excluding steroid dienone is 2. The molecule has 0 aromatic heterocycles. The molecule has 0 heterocycles. The molecule has 4 fully saturated rings. The largest absolute Gasteiger partial charge is 0.393 e. The van der Waals surface area contributed by atoms with Gasteiger partial charge >= 0.3 is 0 Å². The Kier molecular flexibility index (Phi) is 7.62.